The minimum atomic E-state index is -1.43. The third-order valence-corrected chi connectivity index (χ3v) is 3.15. The number of carbonyl (C=O) groups excluding carboxylic acids is 1. The minimum absolute atomic E-state index is 0.0156. The molecule has 2 aliphatic rings. The molecule has 3 rings (SSSR count). The van der Waals surface area contributed by atoms with E-state index in [1.54, 1.807) is 17.9 Å². The number of fused-ring (bicyclic) bond motifs is 3. The predicted molar refractivity (Wildman–Crippen MR) is 66.3 cm³/mol. The molecule has 1 aromatic rings. The van der Waals surface area contributed by atoms with Crippen molar-refractivity contribution >= 4 is 23.4 Å². The second-order valence-electron chi connectivity index (χ2n) is 4.40. The number of carbonyl (C=O) groups is 2. The van der Waals surface area contributed by atoms with Gasteiger partial charge in [-0.2, -0.15) is 0 Å². The lowest BCUT2D eigenvalue weighted by Crippen LogP contribution is -2.60. The van der Waals surface area contributed by atoms with Crippen molar-refractivity contribution in [2.75, 3.05) is 10.2 Å². The molecule has 0 spiro atoms. The molecule has 1 aromatic carbocycles. The summed E-state index contributed by atoms with van der Waals surface area (Å²) in [7, 11) is 0. The summed E-state index contributed by atoms with van der Waals surface area (Å²) in [6.07, 6.45) is 0.0296. The summed E-state index contributed by atoms with van der Waals surface area (Å²) in [4.78, 5) is 24.4. The quantitative estimate of drug-likeness (QED) is 0.659. The van der Waals surface area contributed by atoms with E-state index in [0.29, 0.717) is 5.69 Å². The molecule has 19 heavy (non-hydrogen) atoms. The second-order valence-corrected chi connectivity index (χ2v) is 4.40. The number of nitrogens with one attached hydrogen (secondary N) is 2. The van der Waals surface area contributed by atoms with Crippen molar-refractivity contribution in [2.45, 2.75) is 12.6 Å². The van der Waals surface area contributed by atoms with Gasteiger partial charge in [-0.15, -0.1) is 0 Å². The zero-order chi connectivity index (χ0) is 13.6. The van der Waals surface area contributed by atoms with E-state index in [2.05, 4.69) is 15.4 Å². The summed E-state index contributed by atoms with van der Waals surface area (Å²) < 4.78 is 4.58. The van der Waals surface area contributed by atoms with E-state index in [4.69, 9.17) is 5.11 Å². The van der Waals surface area contributed by atoms with E-state index in [-0.39, 0.29) is 11.8 Å². The van der Waals surface area contributed by atoms with Crippen LogP contribution >= 0.6 is 0 Å². The van der Waals surface area contributed by atoms with Crippen molar-refractivity contribution in [3.63, 3.8) is 0 Å². The monoisotopic (exact) mass is 261 g/mol. The highest BCUT2D eigenvalue weighted by Crippen LogP contribution is 2.39. The van der Waals surface area contributed by atoms with Crippen LogP contribution < -0.4 is 15.5 Å². The summed E-state index contributed by atoms with van der Waals surface area (Å²) in [5.41, 5.74) is 0.333. The first-order valence-electron chi connectivity index (χ1n) is 5.61. The average molecular weight is 261 g/mol. The molecular formula is C12H11N3O4. The van der Waals surface area contributed by atoms with E-state index in [1.165, 1.54) is 6.20 Å². The van der Waals surface area contributed by atoms with E-state index in [1.807, 2.05) is 18.2 Å². The normalized spacial score (nSPS) is 23.7. The van der Waals surface area contributed by atoms with Crippen LogP contribution in [-0.2, 0) is 9.53 Å². The van der Waals surface area contributed by atoms with Crippen LogP contribution in [0.1, 0.15) is 6.92 Å². The number of hydrogen-bond donors (Lipinski definition) is 3. The predicted octanol–water partition coefficient (Wildman–Crippen LogP) is 1.26. The van der Waals surface area contributed by atoms with Crippen LogP contribution in [0.4, 0.5) is 16.2 Å². The number of rotatable bonds is 1. The molecule has 1 amide bonds. The summed E-state index contributed by atoms with van der Waals surface area (Å²) in [5.74, 6) is -0.270. The van der Waals surface area contributed by atoms with Crippen LogP contribution in [0.2, 0.25) is 0 Å². The SMILES string of the molecule is CC12NC(OC(=O)O)=CN1c1ccccc1NC2=O. The molecule has 7 nitrogen and oxygen atoms in total. The lowest BCUT2D eigenvalue weighted by atomic mass is 10.1. The Bertz CT molecular complexity index is 613. The topological polar surface area (TPSA) is 90.9 Å². The molecule has 3 N–H and O–H groups in total. The van der Waals surface area contributed by atoms with Gasteiger partial charge >= 0.3 is 6.16 Å². The highest BCUT2D eigenvalue weighted by molar-refractivity contribution is 6.07. The van der Waals surface area contributed by atoms with Crippen LogP contribution in [-0.4, -0.2) is 22.8 Å². The Morgan fingerprint density at radius 2 is 2.16 bits per heavy atom. The molecule has 0 saturated carbocycles. The van der Waals surface area contributed by atoms with Crippen molar-refractivity contribution in [3.05, 3.63) is 36.3 Å². The fourth-order valence-corrected chi connectivity index (χ4v) is 2.23. The van der Waals surface area contributed by atoms with Gasteiger partial charge in [0.05, 0.1) is 17.6 Å². The Morgan fingerprint density at radius 3 is 2.89 bits per heavy atom. The number of hydrogen-bond acceptors (Lipinski definition) is 5. The van der Waals surface area contributed by atoms with E-state index < -0.39 is 11.8 Å². The first kappa shape index (κ1) is 11.4. The molecule has 1 unspecified atom stereocenters. The lowest BCUT2D eigenvalue weighted by molar-refractivity contribution is -0.121. The third kappa shape index (κ3) is 1.59. The summed E-state index contributed by atoms with van der Waals surface area (Å²) in [6, 6.07) is 7.25. The number of benzene rings is 1. The molecule has 0 saturated heterocycles. The van der Waals surface area contributed by atoms with Crippen molar-refractivity contribution in [1.29, 1.82) is 0 Å². The summed E-state index contributed by atoms with van der Waals surface area (Å²) in [5, 5.41) is 14.2. The zero-order valence-corrected chi connectivity index (χ0v) is 10.0. The maximum absolute atomic E-state index is 12.1. The highest BCUT2D eigenvalue weighted by Gasteiger charge is 2.48. The minimum Gasteiger partial charge on any atom is -0.449 e. The molecule has 7 heteroatoms. The Morgan fingerprint density at radius 1 is 1.42 bits per heavy atom. The van der Waals surface area contributed by atoms with Gasteiger partial charge in [-0.05, 0) is 19.1 Å². The van der Waals surface area contributed by atoms with Gasteiger partial charge in [-0.1, -0.05) is 12.1 Å². The molecule has 0 fully saturated rings. The van der Waals surface area contributed by atoms with E-state index >= 15 is 0 Å². The molecule has 0 bridgehead atoms. The maximum Gasteiger partial charge on any atom is 0.512 e. The number of amides is 1. The molecular weight excluding hydrogens is 250 g/mol. The summed E-state index contributed by atoms with van der Waals surface area (Å²) in [6.45, 7) is 1.65. The van der Waals surface area contributed by atoms with Crippen molar-refractivity contribution in [1.82, 2.24) is 5.32 Å². The van der Waals surface area contributed by atoms with Gasteiger partial charge in [0.2, 0.25) is 5.88 Å². The Balaban J connectivity index is 2.05. The van der Waals surface area contributed by atoms with Gasteiger partial charge < -0.3 is 25.4 Å². The smallest absolute Gasteiger partial charge is 0.449 e. The molecule has 1 atom stereocenters. The molecule has 2 heterocycles. The van der Waals surface area contributed by atoms with Gasteiger partial charge in [-0.3, -0.25) is 4.79 Å². The van der Waals surface area contributed by atoms with Crippen molar-refractivity contribution < 1.29 is 19.4 Å². The first-order valence-corrected chi connectivity index (χ1v) is 5.61. The Kier molecular flexibility index (Phi) is 2.19. The van der Waals surface area contributed by atoms with Crippen LogP contribution in [0.15, 0.2) is 36.3 Å². The fourth-order valence-electron chi connectivity index (χ4n) is 2.23. The lowest BCUT2D eigenvalue weighted by Gasteiger charge is -2.39. The molecule has 0 aromatic heterocycles. The highest BCUT2D eigenvalue weighted by atomic mass is 16.7. The number of carboxylic acid groups (broad SMARTS) is 1. The van der Waals surface area contributed by atoms with Gasteiger partial charge in [0.1, 0.15) is 0 Å². The Labute approximate surface area is 108 Å². The maximum atomic E-state index is 12.1. The number of anilines is 2. The Hall–Kier alpha value is -2.70. The van der Waals surface area contributed by atoms with Crippen molar-refractivity contribution in [2.24, 2.45) is 0 Å². The van der Waals surface area contributed by atoms with Crippen LogP contribution in [0.5, 0.6) is 0 Å². The zero-order valence-electron chi connectivity index (χ0n) is 10.0. The molecule has 0 radical (unpaired) electrons. The van der Waals surface area contributed by atoms with Gasteiger partial charge in [0.15, 0.2) is 5.66 Å². The number of nitrogens with zero attached hydrogens (tertiary/aromatic N) is 1. The number of ether oxygens (including phenoxy) is 1. The van der Waals surface area contributed by atoms with Crippen molar-refractivity contribution in [3.8, 4) is 0 Å². The van der Waals surface area contributed by atoms with Gasteiger partial charge in [0.25, 0.3) is 5.91 Å². The van der Waals surface area contributed by atoms with Crippen LogP contribution in [0.25, 0.3) is 0 Å². The number of para-hydroxylation sites is 2. The molecule has 2 aliphatic heterocycles. The standard InChI is InChI=1S/C12H11N3O4/c1-12-10(16)13-7-4-2-3-5-8(7)15(12)6-9(14-12)19-11(17)18/h2-6,14H,1H3,(H,13,16)(H,17,18). The average Bonchev–Trinajstić information content (AvgIpc) is 2.67. The third-order valence-electron chi connectivity index (χ3n) is 3.15. The molecule has 0 aliphatic carbocycles. The van der Waals surface area contributed by atoms with E-state index in [9.17, 15) is 9.59 Å². The van der Waals surface area contributed by atoms with Gasteiger partial charge in [0, 0.05) is 0 Å². The largest absolute Gasteiger partial charge is 0.512 e. The first-order chi connectivity index (χ1) is 9.00. The second kappa shape index (κ2) is 3.64. The van der Waals surface area contributed by atoms with Crippen LogP contribution in [0.3, 0.4) is 0 Å². The molecule has 98 valence electrons. The van der Waals surface area contributed by atoms with E-state index in [0.717, 1.165) is 5.69 Å². The fraction of sp³-hybridized carbons (Fsp3) is 0.167. The summed E-state index contributed by atoms with van der Waals surface area (Å²) >= 11 is 0. The van der Waals surface area contributed by atoms with Gasteiger partial charge in [-0.25, -0.2) is 4.79 Å². The van der Waals surface area contributed by atoms with Crippen LogP contribution in [0, 0.1) is 0 Å².